The summed E-state index contributed by atoms with van der Waals surface area (Å²) >= 11 is 0. The molecule has 2 rings (SSSR count). The fraction of sp³-hybridized carbons (Fsp3) is 1.00. The van der Waals surface area contributed by atoms with E-state index in [9.17, 15) is 5.11 Å². The second-order valence-electron chi connectivity index (χ2n) is 7.64. The van der Waals surface area contributed by atoms with Gasteiger partial charge in [-0.05, 0) is 51.5 Å². The van der Waals surface area contributed by atoms with Gasteiger partial charge in [-0.15, -0.1) is 0 Å². The summed E-state index contributed by atoms with van der Waals surface area (Å²) in [5, 5.41) is 13.7. The maximum absolute atomic E-state index is 10.0. The normalized spacial score (nSPS) is 35.9. The number of rotatable bonds is 5. The Morgan fingerprint density at radius 2 is 2.00 bits per heavy atom. The van der Waals surface area contributed by atoms with Crippen LogP contribution in [0.15, 0.2) is 0 Å². The minimum absolute atomic E-state index is 0.0400. The molecule has 1 aliphatic carbocycles. The molecule has 0 aromatic rings. The highest BCUT2D eigenvalue weighted by Crippen LogP contribution is 2.34. The minimum Gasteiger partial charge on any atom is -0.394 e. The van der Waals surface area contributed by atoms with Gasteiger partial charge < -0.3 is 10.4 Å². The quantitative estimate of drug-likeness (QED) is 0.817. The van der Waals surface area contributed by atoms with Crippen molar-refractivity contribution < 1.29 is 5.11 Å². The SMILES string of the molecule is CCC1CCCCCN1C1CCCC(CO)(NC(C)C)C1. The van der Waals surface area contributed by atoms with E-state index >= 15 is 0 Å². The molecule has 1 saturated heterocycles. The predicted molar refractivity (Wildman–Crippen MR) is 89.6 cm³/mol. The first-order valence-corrected chi connectivity index (χ1v) is 9.24. The summed E-state index contributed by atoms with van der Waals surface area (Å²) in [6.07, 6.45) is 11.6. The third-order valence-electron chi connectivity index (χ3n) is 5.58. The number of nitrogens with one attached hydrogen (secondary N) is 1. The number of hydrogen-bond acceptors (Lipinski definition) is 3. The molecule has 0 amide bonds. The van der Waals surface area contributed by atoms with Gasteiger partial charge in [0.05, 0.1) is 6.61 Å². The summed E-state index contributed by atoms with van der Waals surface area (Å²) in [5.74, 6) is 0. The Morgan fingerprint density at radius 1 is 1.19 bits per heavy atom. The Hall–Kier alpha value is -0.120. The molecule has 0 aromatic carbocycles. The number of aliphatic hydroxyl groups is 1. The molecular weight excluding hydrogens is 260 g/mol. The maximum Gasteiger partial charge on any atom is 0.0613 e. The van der Waals surface area contributed by atoms with E-state index in [4.69, 9.17) is 0 Å². The molecular formula is C18H36N2O. The molecule has 2 aliphatic rings. The molecule has 0 radical (unpaired) electrons. The summed E-state index contributed by atoms with van der Waals surface area (Å²) in [4.78, 5) is 2.80. The van der Waals surface area contributed by atoms with E-state index in [1.165, 1.54) is 51.5 Å². The molecule has 1 heterocycles. The highest BCUT2D eigenvalue weighted by Gasteiger charge is 2.39. The summed E-state index contributed by atoms with van der Waals surface area (Å²) in [6.45, 7) is 8.29. The lowest BCUT2D eigenvalue weighted by molar-refractivity contribution is 0.0346. The van der Waals surface area contributed by atoms with Crippen LogP contribution in [0.3, 0.4) is 0 Å². The summed E-state index contributed by atoms with van der Waals surface area (Å²) in [6, 6.07) is 1.88. The molecule has 1 aliphatic heterocycles. The Balaban J connectivity index is 2.07. The van der Waals surface area contributed by atoms with Gasteiger partial charge >= 0.3 is 0 Å². The number of aliphatic hydroxyl groups excluding tert-OH is 1. The fourth-order valence-corrected chi connectivity index (χ4v) is 4.67. The van der Waals surface area contributed by atoms with Crippen molar-refractivity contribution in [3.05, 3.63) is 0 Å². The Kier molecular flexibility index (Phi) is 6.51. The van der Waals surface area contributed by atoms with Gasteiger partial charge in [-0.3, -0.25) is 4.90 Å². The van der Waals surface area contributed by atoms with Gasteiger partial charge in [0, 0.05) is 23.7 Å². The van der Waals surface area contributed by atoms with Gasteiger partial charge in [-0.2, -0.15) is 0 Å². The van der Waals surface area contributed by atoms with Gasteiger partial charge in [0.2, 0.25) is 0 Å². The summed E-state index contributed by atoms with van der Waals surface area (Å²) < 4.78 is 0. The molecule has 0 bridgehead atoms. The van der Waals surface area contributed by atoms with Crippen LogP contribution in [-0.2, 0) is 0 Å². The second-order valence-corrected chi connectivity index (χ2v) is 7.64. The number of hydrogen-bond donors (Lipinski definition) is 2. The molecule has 3 atom stereocenters. The lowest BCUT2D eigenvalue weighted by Crippen LogP contribution is -2.58. The van der Waals surface area contributed by atoms with Gasteiger partial charge in [-0.1, -0.05) is 33.6 Å². The van der Waals surface area contributed by atoms with E-state index in [-0.39, 0.29) is 12.1 Å². The van der Waals surface area contributed by atoms with Gasteiger partial charge in [0.25, 0.3) is 0 Å². The van der Waals surface area contributed by atoms with Crippen molar-refractivity contribution in [2.45, 2.75) is 102 Å². The first-order chi connectivity index (χ1) is 10.1. The molecule has 0 spiro atoms. The van der Waals surface area contributed by atoms with Crippen LogP contribution in [-0.4, -0.2) is 46.8 Å². The third-order valence-corrected chi connectivity index (χ3v) is 5.58. The van der Waals surface area contributed by atoms with Crippen LogP contribution in [0.4, 0.5) is 0 Å². The van der Waals surface area contributed by atoms with Crippen molar-refractivity contribution in [3.8, 4) is 0 Å². The number of nitrogens with zero attached hydrogens (tertiary/aromatic N) is 1. The van der Waals surface area contributed by atoms with E-state index in [2.05, 4.69) is 31.0 Å². The van der Waals surface area contributed by atoms with Crippen molar-refractivity contribution in [2.75, 3.05) is 13.2 Å². The smallest absolute Gasteiger partial charge is 0.0613 e. The molecule has 1 saturated carbocycles. The van der Waals surface area contributed by atoms with Crippen molar-refractivity contribution in [2.24, 2.45) is 0 Å². The first kappa shape index (κ1) is 17.2. The monoisotopic (exact) mass is 296 g/mol. The van der Waals surface area contributed by atoms with Gasteiger partial charge in [-0.25, -0.2) is 0 Å². The van der Waals surface area contributed by atoms with Crippen LogP contribution >= 0.6 is 0 Å². The van der Waals surface area contributed by atoms with Crippen molar-refractivity contribution in [1.29, 1.82) is 0 Å². The van der Waals surface area contributed by atoms with E-state index in [0.717, 1.165) is 18.9 Å². The predicted octanol–water partition coefficient (Wildman–Crippen LogP) is 3.31. The average molecular weight is 296 g/mol. The lowest BCUT2D eigenvalue weighted by Gasteiger charge is -2.47. The van der Waals surface area contributed by atoms with Crippen molar-refractivity contribution >= 4 is 0 Å². The average Bonchev–Trinajstić information content (AvgIpc) is 2.72. The molecule has 3 heteroatoms. The van der Waals surface area contributed by atoms with Crippen LogP contribution in [0.25, 0.3) is 0 Å². The zero-order valence-corrected chi connectivity index (χ0v) is 14.4. The topological polar surface area (TPSA) is 35.5 Å². The molecule has 124 valence electrons. The van der Waals surface area contributed by atoms with E-state index in [1.54, 1.807) is 0 Å². The Morgan fingerprint density at radius 3 is 2.67 bits per heavy atom. The Labute approximate surface area is 131 Å². The molecule has 3 nitrogen and oxygen atoms in total. The van der Waals surface area contributed by atoms with Crippen LogP contribution in [0.1, 0.15) is 78.6 Å². The van der Waals surface area contributed by atoms with Crippen molar-refractivity contribution in [1.82, 2.24) is 10.2 Å². The van der Waals surface area contributed by atoms with E-state index in [0.29, 0.717) is 12.1 Å². The van der Waals surface area contributed by atoms with Crippen LogP contribution in [0.5, 0.6) is 0 Å². The summed E-state index contributed by atoms with van der Waals surface area (Å²) in [7, 11) is 0. The standard InChI is InChI=1S/C18H36N2O/c1-4-16-9-6-5-7-12-20(16)17-10-8-11-18(13-17,14-21)19-15(2)3/h15-17,19,21H,4-14H2,1-3H3. The maximum atomic E-state index is 10.0. The van der Waals surface area contributed by atoms with Crippen molar-refractivity contribution in [3.63, 3.8) is 0 Å². The van der Waals surface area contributed by atoms with Gasteiger partial charge in [0.1, 0.15) is 0 Å². The zero-order valence-electron chi connectivity index (χ0n) is 14.4. The Bertz CT molecular complexity index is 308. The molecule has 2 N–H and O–H groups in total. The van der Waals surface area contributed by atoms with Crippen LogP contribution in [0.2, 0.25) is 0 Å². The second kappa shape index (κ2) is 7.94. The summed E-state index contributed by atoms with van der Waals surface area (Å²) in [5.41, 5.74) is -0.0400. The molecule has 21 heavy (non-hydrogen) atoms. The number of likely N-dealkylation sites (tertiary alicyclic amines) is 1. The van der Waals surface area contributed by atoms with Gasteiger partial charge in [0.15, 0.2) is 0 Å². The van der Waals surface area contributed by atoms with Crippen LogP contribution < -0.4 is 5.32 Å². The lowest BCUT2D eigenvalue weighted by atomic mass is 9.78. The highest BCUT2D eigenvalue weighted by molar-refractivity contribution is 4.98. The highest BCUT2D eigenvalue weighted by atomic mass is 16.3. The molecule has 3 unspecified atom stereocenters. The van der Waals surface area contributed by atoms with E-state index in [1.807, 2.05) is 0 Å². The molecule has 2 fully saturated rings. The first-order valence-electron chi connectivity index (χ1n) is 9.24. The largest absolute Gasteiger partial charge is 0.394 e. The zero-order chi connectivity index (χ0) is 15.3. The molecule has 0 aromatic heterocycles. The van der Waals surface area contributed by atoms with Crippen LogP contribution in [0, 0.1) is 0 Å². The van der Waals surface area contributed by atoms with E-state index < -0.39 is 0 Å². The fourth-order valence-electron chi connectivity index (χ4n) is 4.67. The third kappa shape index (κ3) is 4.43. The minimum atomic E-state index is -0.0400.